The van der Waals surface area contributed by atoms with Crippen LogP contribution in [0.3, 0.4) is 0 Å². The number of benzene rings is 4. The Bertz CT molecular complexity index is 2510. The Morgan fingerprint density at radius 3 is 1.57 bits per heavy atom. The molecule has 0 amide bonds. The number of nitrogens with zero attached hydrogens (tertiary/aromatic N) is 4. The van der Waals surface area contributed by atoms with Crippen molar-refractivity contribution in [2.75, 3.05) is 0 Å². The van der Waals surface area contributed by atoms with Crippen molar-refractivity contribution in [1.29, 1.82) is 0 Å². The van der Waals surface area contributed by atoms with Crippen molar-refractivity contribution in [2.45, 2.75) is 0 Å². The first-order chi connectivity index (χ1) is 24.3. The van der Waals surface area contributed by atoms with Crippen molar-refractivity contribution < 1.29 is 4.42 Å². The molecule has 5 aromatic heterocycles. The molecule has 230 valence electrons. The molecule has 0 bridgehead atoms. The Hall–Kier alpha value is -6.72. The number of rotatable bonds is 6. The fourth-order valence-corrected chi connectivity index (χ4v) is 6.49. The van der Waals surface area contributed by atoms with Crippen LogP contribution in [0.1, 0.15) is 0 Å². The largest absolute Gasteiger partial charge is 0.455 e. The number of hydrogen-bond donors (Lipinski definition) is 0. The van der Waals surface area contributed by atoms with Gasteiger partial charge in [0.05, 0.1) is 39.4 Å². The quantitative estimate of drug-likeness (QED) is 0.183. The lowest BCUT2D eigenvalue weighted by atomic mass is 9.94. The predicted octanol–water partition coefficient (Wildman–Crippen LogP) is 11.2. The minimum Gasteiger partial charge on any atom is -0.455 e. The molecule has 9 aromatic rings. The Kier molecular flexibility index (Phi) is 7.06. The number of fused-ring (bicyclic) bond motifs is 3. The van der Waals surface area contributed by atoms with Crippen LogP contribution < -0.4 is 0 Å². The third-order valence-corrected chi connectivity index (χ3v) is 8.78. The molecule has 49 heavy (non-hydrogen) atoms. The van der Waals surface area contributed by atoms with Crippen LogP contribution in [0.15, 0.2) is 175 Å². The van der Waals surface area contributed by atoms with Crippen molar-refractivity contribution in [3.8, 4) is 67.6 Å². The van der Waals surface area contributed by atoms with Crippen LogP contribution in [0.2, 0.25) is 0 Å². The van der Waals surface area contributed by atoms with Gasteiger partial charge in [-0.1, -0.05) is 109 Å². The summed E-state index contributed by atoms with van der Waals surface area (Å²) in [5.41, 5.74) is 11.8. The van der Waals surface area contributed by atoms with Crippen LogP contribution in [-0.2, 0) is 0 Å². The van der Waals surface area contributed by atoms with E-state index in [1.54, 1.807) is 12.4 Å². The monoisotopic (exact) mass is 628 g/mol. The van der Waals surface area contributed by atoms with Crippen LogP contribution in [0, 0.1) is 0 Å². The lowest BCUT2D eigenvalue weighted by Gasteiger charge is -2.12. The van der Waals surface area contributed by atoms with E-state index in [-0.39, 0.29) is 0 Å². The van der Waals surface area contributed by atoms with Gasteiger partial charge in [-0.05, 0) is 65.2 Å². The van der Waals surface area contributed by atoms with Gasteiger partial charge in [-0.15, -0.1) is 0 Å². The van der Waals surface area contributed by atoms with E-state index in [0.29, 0.717) is 0 Å². The summed E-state index contributed by atoms with van der Waals surface area (Å²) in [6.45, 7) is 0. The zero-order valence-electron chi connectivity index (χ0n) is 26.4. The Morgan fingerprint density at radius 1 is 0.408 bits per heavy atom. The summed E-state index contributed by atoms with van der Waals surface area (Å²) in [5, 5.41) is 1.94. The van der Waals surface area contributed by atoms with Gasteiger partial charge in [-0.25, -0.2) is 9.97 Å². The summed E-state index contributed by atoms with van der Waals surface area (Å²) in [6.07, 6.45) is 3.58. The van der Waals surface area contributed by atoms with E-state index in [1.807, 2.05) is 66.7 Å². The molecular formula is C44H28N4O. The molecule has 5 heteroatoms. The summed E-state index contributed by atoms with van der Waals surface area (Å²) in [5.74, 6) is 0.825. The highest BCUT2D eigenvalue weighted by molar-refractivity contribution is 6.17. The van der Waals surface area contributed by atoms with Crippen LogP contribution in [0.5, 0.6) is 0 Å². The number of hydrogen-bond acceptors (Lipinski definition) is 5. The average Bonchev–Trinajstić information content (AvgIpc) is 3.60. The fraction of sp³-hybridized carbons (Fsp3) is 0. The fourth-order valence-electron chi connectivity index (χ4n) is 6.49. The van der Waals surface area contributed by atoms with Crippen molar-refractivity contribution in [3.05, 3.63) is 170 Å². The maximum Gasteiger partial charge on any atom is 0.147 e. The molecule has 4 aromatic carbocycles. The molecule has 0 N–H and O–H groups in total. The van der Waals surface area contributed by atoms with Gasteiger partial charge in [0.25, 0.3) is 0 Å². The summed E-state index contributed by atoms with van der Waals surface area (Å²) in [7, 11) is 0. The first-order valence-corrected chi connectivity index (χ1v) is 16.2. The molecule has 5 heterocycles. The second-order valence-corrected chi connectivity index (χ2v) is 11.9. The molecule has 5 nitrogen and oxygen atoms in total. The van der Waals surface area contributed by atoms with Crippen LogP contribution in [0.4, 0.5) is 0 Å². The smallest absolute Gasteiger partial charge is 0.147 e. The first kappa shape index (κ1) is 28.5. The van der Waals surface area contributed by atoms with E-state index in [2.05, 4.69) is 101 Å². The molecule has 0 radical (unpaired) electrons. The van der Waals surface area contributed by atoms with Crippen LogP contribution in [-0.4, -0.2) is 19.9 Å². The zero-order chi connectivity index (χ0) is 32.6. The molecule has 9 rings (SSSR count). The van der Waals surface area contributed by atoms with Crippen LogP contribution >= 0.6 is 0 Å². The Balaban J connectivity index is 1.32. The highest BCUT2D eigenvalue weighted by atomic mass is 16.3. The normalized spacial score (nSPS) is 11.3. The van der Waals surface area contributed by atoms with Gasteiger partial charge < -0.3 is 4.42 Å². The van der Waals surface area contributed by atoms with Crippen LogP contribution in [0.25, 0.3) is 89.5 Å². The second-order valence-electron chi connectivity index (χ2n) is 11.9. The third-order valence-electron chi connectivity index (χ3n) is 8.78. The van der Waals surface area contributed by atoms with Gasteiger partial charge in [-0.2, -0.15) is 0 Å². The van der Waals surface area contributed by atoms with Gasteiger partial charge in [0, 0.05) is 34.5 Å². The van der Waals surface area contributed by atoms with Crippen molar-refractivity contribution in [2.24, 2.45) is 0 Å². The SMILES string of the molecule is c1ccc(-c2oc3c(c(-c4ccccc4)nc4cc(-c5cc(-c6ccccn6)nc(-c6ccccn6)c5)ccc43)c2-c2ccccc2)cc1. The maximum absolute atomic E-state index is 6.95. The summed E-state index contributed by atoms with van der Waals surface area (Å²) in [4.78, 5) is 19.6. The lowest BCUT2D eigenvalue weighted by molar-refractivity contribution is 0.636. The van der Waals surface area contributed by atoms with Crippen molar-refractivity contribution in [3.63, 3.8) is 0 Å². The van der Waals surface area contributed by atoms with E-state index in [4.69, 9.17) is 14.4 Å². The van der Waals surface area contributed by atoms with E-state index in [9.17, 15) is 0 Å². The molecule has 0 aliphatic rings. The van der Waals surface area contributed by atoms with E-state index < -0.39 is 0 Å². The summed E-state index contributed by atoms with van der Waals surface area (Å²) < 4.78 is 6.95. The van der Waals surface area contributed by atoms with Gasteiger partial charge in [0.1, 0.15) is 11.3 Å². The molecule has 0 aliphatic heterocycles. The molecule has 0 fully saturated rings. The summed E-state index contributed by atoms with van der Waals surface area (Å²) in [6, 6.07) is 53.5. The Labute approximate surface area is 283 Å². The molecule has 0 atom stereocenters. The van der Waals surface area contributed by atoms with Crippen molar-refractivity contribution in [1.82, 2.24) is 19.9 Å². The standard InChI is InChI=1S/C44H28N4O/c1-4-14-29(15-5-1)40-41-42(30-16-6-2-7-17-30)48-37-26-32(22-23-34(37)44(41)49-43(40)31-18-8-3-9-19-31)33-27-38(35-20-10-12-24-45-35)47-39(28-33)36-21-11-13-25-46-36/h1-28H. The predicted molar refractivity (Wildman–Crippen MR) is 198 cm³/mol. The van der Waals surface area contributed by atoms with Gasteiger partial charge >= 0.3 is 0 Å². The highest BCUT2D eigenvalue weighted by Gasteiger charge is 2.24. The van der Waals surface area contributed by atoms with Gasteiger partial charge in [0.15, 0.2) is 0 Å². The number of pyridine rings is 4. The van der Waals surface area contributed by atoms with Gasteiger partial charge in [0.2, 0.25) is 0 Å². The molecule has 0 saturated carbocycles. The first-order valence-electron chi connectivity index (χ1n) is 16.2. The lowest BCUT2D eigenvalue weighted by Crippen LogP contribution is -1.94. The zero-order valence-corrected chi connectivity index (χ0v) is 26.4. The number of aromatic nitrogens is 4. The average molecular weight is 629 g/mol. The highest BCUT2D eigenvalue weighted by Crippen LogP contribution is 2.47. The van der Waals surface area contributed by atoms with Crippen molar-refractivity contribution >= 4 is 21.9 Å². The summed E-state index contributed by atoms with van der Waals surface area (Å²) >= 11 is 0. The van der Waals surface area contributed by atoms with E-state index >= 15 is 0 Å². The molecule has 0 spiro atoms. The topological polar surface area (TPSA) is 64.7 Å². The molecular weight excluding hydrogens is 601 g/mol. The molecule has 0 aliphatic carbocycles. The Morgan fingerprint density at radius 2 is 0.980 bits per heavy atom. The third kappa shape index (κ3) is 5.24. The number of furan rings is 1. The molecule has 0 saturated heterocycles. The minimum atomic E-state index is 0.776. The molecule has 0 unspecified atom stereocenters. The minimum absolute atomic E-state index is 0.776. The van der Waals surface area contributed by atoms with E-state index in [1.165, 1.54) is 0 Å². The van der Waals surface area contributed by atoms with Gasteiger partial charge in [-0.3, -0.25) is 9.97 Å². The maximum atomic E-state index is 6.95. The second kappa shape index (κ2) is 12.1. The van der Waals surface area contributed by atoms with E-state index in [0.717, 1.165) is 89.5 Å².